The minimum Gasteiger partial charge on any atom is -0.479 e. The number of benzene rings is 1. The predicted octanol–water partition coefficient (Wildman–Crippen LogP) is 3.60. The molecule has 22 heavy (non-hydrogen) atoms. The van der Waals surface area contributed by atoms with E-state index in [1.54, 1.807) is 7.11 Å². The second kappa shape index (κ2) is 7.16. The molecule has 1 heterocycles. The maximum absolute atomic E-state index is 6.06. The van der Waals surface area contributed by atoms with E-state index in [0.717, 1.165) is 30.2 Å². The van der Waals surface area contributed by atoms with Crippen LogP contribution in [0.5, 0.6) is 11.5 Å². The second-order valence-electron chi connectivity index (χ2n) is 6.63. The molecule has 4 nitrogen and oxygen atoms in total. The molecule has 2 rings (SSSR count). The Labute approximate surface area is 133 Å². The molecule has 0 aromatic heterocycles. The number of fused-ring (bicyclic) bond motifs is 1. The summed E-state index contributed by atoms with van der Waals surface area (Å²) in [5, 5.41) is 3.46. The first-order chi connectivity index (χ1) is 10.4. The summed E-state index contributed by atoms with van der Waals surface area (Å²) in [6.45, 7) is 10.5. The average molecular weight is 305 g/mol. The van der Waals surface area contributed by atoms with Crippen molar-refractivity contribution >= 4 is 6.08 Å². The third-order valence-corrected chi connectivity index (χ3v) is 3.39. The highest BCUT2D eigenvalue weighted by molar-refractivity contribution is 5.66. The van der Waals surface area contributed by atoms with Crippen LogP contribution in [0.2, 0.25) is 0 Å². The first-order valence-electron chi connectivity index (χ1n) is 7.79. The monoisotopic (exact) mass is 305 g/mol. The van der Waals surface area contributed by atoms with E-state index in [1.807, 2.05) is 19.9 Å². The zero-order valence-corrected chi connectivity index (χ0v) is 14.2. The van der Waals surface area contributed by atoms with Gasteiger partial charge in [0.2, 0.25) is 0 Å². The molecule has 0 amide bonds. The number of nitrogens with one attached hydrogen (secondary N) is 1. The van der Waals surface area contributed by atoms with Crippen LogP contribution in [0.4, 0.5) is 0 Å². The number of hydrogen-bond donors (Lipinski definition) is 1. The molecule has 4 heteroatoms. The number of hydrogen-bond acceptors (Lipinski definition) is 4. The van der Waals surface area contributed by atoms with Gasteiger partial charge in [-0.2, -0.15) is 0 Å². The van der Waals surface area contributed by atoms with Gasteiger partial charge in [0.25, 0.3) is 0 Å². The lowest BCUT2D eigenvalue weighted by atomic mass is 10.00. The van der Waals surface area contributed by atoms with Crippen molar-refractivity contribution in [2.75, 3.05) is 20.4 Å². The Morgan fingerprint density at radius 2 is 2.05 bits per heavy atom. The minimum atomic E-state index is -0.324. The summed E-state index contributed by atoms with van der Waals surface area (Å²) in [4.78, 5) is 0. The van der Waals surface area contributed by atoms with E-state index in [9.17, 15) is 0 Å². The molecule has 0 bridgehead atoms. The molecule has 1 aromatic carbocycles. The summed E-state index contributed by atoms with van der Waals surface area (Å²) in [5.41, 5.74) is 1.91. The molecule has 1 N–H and O–H groups in total. The maximum Gasteiger partial charge on any atom is 0.188 e. The summed E-state index contributed by atoms with van der Waals surface area (Å²) < 4.78 is 16.8. The molecule has 122 valence electrons. The van der Waals surface area contributed by atoms with E-state index in [-0.39, 0.29) is 12.4 Å². The Kier molecular flexibility index (Phi) is 5.48. The summed E-state index contributed by atoms with van der Waals surface area (Å²) in [6.07, 6.45) is 4.17. The molecular weight excluding hydrogens is 278 g/mol. The summed E-state index contributed by atoms with van der Waals surface area (Å²) in [7, 11) is 1.62. The lowest BCUT2D eigenvalue weighted by Gasteiger charge is -2.29. The van der Waals surface area contributed by atoms with Gasteiger partial charge in [0.05, 0.1) is 0 Å². The summed E-state index contributed by atoms with van der Waals surface area (Å²) >= 11 is 0. The van der Waals surface area contributed by atoms with Crippen LogP contribution in [0.15, 0.2) is 18.2 Å². The van der Waals surface area contributed by atoms with Gasteiger partial charge in [-0.05, 0) is 50.1 Å². The zero-order valence-electron chi connectivity index (χ0n) is 14.2. The molecular formula is C18H27NO3. The van der Waals surface area contributed by atoms with Gasteiger partial charge in [0.1, 0.15) is 5.60 Å². The van der Waals surface area contributed by atoms with E-state index in [2.05, 4.69) is 37.4 Å². The molecule has 1 aromatic rings. The van der Waals surface area contributed by atoms with E-state index in [4.69, 9.17) is 14.2 Å². The highest BCUT2D eigenvalue weighted by Gasteiger charge is 2.25. The lowest BCUT2D eigenvalue weighted by Crippen LogP contribution is -2.28. The van der Waals surface area contributed by atoms with Gasteiger partial charge in [0, 0.05) is 19.2 Å². The largest absolute Gasteiger partial charge is 0.479 e. The van der Waals surface area contributed by atoms with Gasteiger partial charge in [-0.25, -0.2) is 0 Å². The SMILES string of the molecule is COCOc1cc(CNCC(C)C)cc2c1OC(C)(C)C=C2. The average Bonchev–Trinajstić information content (AvgIpc) is 2.44. The Morgan fingerprint density at radius 3 is 2.73 bits per heavy atom. The quantitative estimate of drug-likeness (QED) is 0.781. The third-order valence-electron chi connectivity index (χ3n) is 3.39. The van der Waals surface area contributed by atoms with E-state index >= 15 is 0 Å². The first-order valence-corrected chi connectivity index (χ1v) is 7.79. The molecule has 0 aliphatic carbocycles. The molecule has 0 atom stereocenters. The van der Waals surface area contributed by atoms with Crippen LogP contribution in [0.25, 0.3) is 6.08 Å². The Hall–Kier alpha value is -1.52. The van der Waals surface area contributed by atoms with Gasteiger partial charge in [-0.1, -0.05) is 19.9 Å². The normalized spacial score (nSPS) is 15.5. The predicted molar refractivity (Wildman–Crippen MR) is 89.2 cm³/mol. The first kappa shape index (κ1) is 16.8. The van der Waals surface area contributed by atoms with E-state index in [1.165, 1.54) is 5.56 Å². The van der Waals surface area contributed by atoms with Crippen LogP contribution in [0.1, 0.15) is 38.8 Å². The Balaban J connectivity index is 2.23. The van der Waals surface area contributed by atoms with Gasteiger partial charge < -0.3 is 19.5 Å². The van der Waals surface area contributed by atoms with Gasteiger partial charge in [-0.3, -0.25) is 0 Å². The van der Waals surface area contributed by atoms with E-state index in [0.29, 0.717) is 5.92 Å². The maximum atomic E-state index is 6.06. The number of methoxy groups -OCH3 is 1. The molecule has 0 radical (unpaired) electrons. The topological polar surface area (TPSA) is 39.7 Å². The summed E-state index contributed by atoms with van der Waals surface area (Å²) in [5.74, 6) is 2.15. The van der Waals surface area contributed by atoms with E-state index < -0.39 is 0 Å². The van der Waals surface area contributed by atoms with Crippen molar-refractivity contribution in [1.82, 2.24) is 5.32 Å². The molecule has 0 unspecified atom stereocenters. The fourth-order valence-electron chi connectivity index (χ4n) is 2.34. The number of rotatable bonds is 7. The Morgan fingerprint density at radius 1 is 1.27 bits per heavy atom. The third kappa shape index (κ3) is 4.49. The highest BCUT2D eigenvalue weighted by Crippen LogP contribution is 2.39. The van der Waals surface area contributed by atoms with Crippen LogP contribution < -0.4 is 14.8 Å². The van der Waals surface area contributed by atoms with Gasteiger partial charge >= 0.3 is 0 Å². The smallest absolute Gasteiger partial charge is 0.188 e. The van der Waals surface area contributed by atoms with Gasteiger partial charge in [-0.15, -0.1) is 0 Å². The molecule has 0 spiro atoms. The van der Waals surface area contributed by atoms with Crippen LogP contribution in [0.3, 0.4) is 0 Å². The zero-order chi connectivity index (χ0) is 16.2. The lowest BCUT2D eigenvalue weighted by molar-refractivity contribution is 0.0453. The standard InChI is InChI=1S/C18H27NO3/c1-13(2)10-19-11-14-8-15-6-7-18(3,4)22-17(15)16(9-14)21-12-20-5/h6-9,13,19H,10-12H2,1-5H3. The van der Waals surface area contributed by atoms with Crippen LogP contribution >= 0.6 is 0 Å². The van der Waals surface area contributed by atoms with Crippen molar-refractivity contribution in [1.29, 1.82) is 0 Å². The fraction of sp³-hybridized carbons (Fsp3) is 0.556. The molecule has 0 saturated carbocycles. The van der Waals surface area contributed by atoms with Gasteiger partial charge in [0.15, 0.2) is 18.3 Å². The Bertz CT molecular complexity index is 535. The van der Waals surface area contributed by atoms with Crippen molar-refractivity contribution in [3.8, 4) is 11.5 Å². The highest BCUT2D eigenvalue weighted by atomic mass is 16.7. The summed E-state index contributed by atoms with van der Waals surface area (Å²) in [6, 6.07) is 4.18. The van der Waals surface area contributed by atoms with Crippen molar-refractivity contribution in [2.24, 2.45) is 5.92 Å². The van der Waals surface area contributed by atoms with Crippen molar-refractivity contribution in [3.63, 3.8) is 0 Å². The van der Waals surface area contributed by atoms with Crippen molar-refractivity contribution in [2.45, 2.75) is 39.8 Å². The van der Waals surface area contributed by atoms with Crippen molar-refractivity contribution < 1.29 is 14.2 Å². The van der Waals surface area contributed by atoms with Crippen LogP contribution in [0, 0.1) is 5.92 Å². The molecule has 1 aliphatic heterocycles. The molecule has 1 aliphatic rings. The van der Waals surface area contributed by atoms with Crippen LogP contribution in [-0.2, 0) is 11.3 Å². The minimum absolute atomic E-state index is 0.211. The number of ether oxygens (including phenoxy) is 3. The molecule has 0 saturated heterocycles. The fourth-order valence-corrected chi connectivity index (χ4v) is 2.34. The van der Waals surface area contributed by atoms with Crippen molar-refractivity contribution in [3.05, 3.63) is 29.3 Å². The molecule has 0 fully saturated rings. The van der Waals surface area contributed by atoms with Crippen LogP contribution in [-0.4, -0.2) is 26.0 Å². The second-order valence-corrected chi connectivity index (χ2v) is 6.63.